The summed E-state index contributed by atoms with van der Waals surface area (Å²) in [6, 6.07) is 4.05. The van der Waals surface area contributed by atoms with Crippen molar-refractivity contribution >= 4 is 21.1 Å². The molecule has 0 unspecified atom stereocenters. The molecule has 0 amide bonds. The van der Waals surface area contributed by atoms with Gasteiger partial charge in [-0.25, -0.2) is 13.4 Å². The summed E-state index contributed by atoms with van der Waals surface area (Å²) in [5.74, 6) is -0.0588. The van der Waals surface area contributed by atoms with E-state index in [-0.39, 0.29) is 22.0 Å². The lowest BCUT2D eigenvalue weighted by atomic mass is 10.1. The number of H-pyrrole nitrogens is 1. The minimum atomic E-state index is -3.74. The predicted molar refractivity (Wildman–Crippen MR) is 116 cm³/mol. The molecule has 31 heavy (non-hydrogen) atoms. The molecule has 0 atom stereocenters. The van der Waals surface area contributed by atoms with Crippen molar-refractivity contribution in [3.63, 3.8) is 0 Å². The average Bonchev–Trinajstić information content (AvgIpc) is 3.04. The first-order valence-electron chi connectivity index (χ1n) is 10.2. The molecule has 1 aromatic carbocycles. The van der Waals surface area contributed by atoms with Crippen LogP contribution in [0.15, 0.2) is 27.9 Å². The van der Waals surface area contributed by atoms with Crippen LogP contribution in [0.5, 0.6) is 5.75 Å². The van der Waals surface area contributed by atoms with Crippen LogP contribution >= 0.6 is 0 Å². The van der Waals surface area contributed by atoms with Gasteiger partial charge in [0, 0.05) is 33.2 Å². The normalized spacial score (nSPS) is 16.2. The zero-order chi connectivity index (χ0) is 22.3. The fourth-order valence-corrected chi connectivity index (χ4v) is 5.27. The van der Waals surface area contributed by atoms with Gasteiger partial charge in [0.1, 0.15) is 17.1 Å². The first-order chi connectivity index (χ1) is 14.7. The fourth-order valence-electron chi connectivity index (χ4n) is 3.82. The number of rotatable bonds is 5. The lowest BCUT2D eigenvalue weighted by Crippen LogP contribution is -2.47. The van der Waals surface area contributed by atoms with Crippen LogP contribution in [0.3, 0.4) is 0 Å². The van der Waals surface area contributed by atoms with E-state index in [0.717, 1.165) is 6.42 Å². The van der Waals surface area contributed by atoms with Crippen LogP contribution in [0.25, 0.3) is 22.4 Å². The van der Waals surface area contributed by atoms with Crippen molar-refractivity contribution in [3.8, 4) is 17.1 Å². The molecule has 3 heterocycles. The Balaban J connectivity index is 1.81. The highest BCUT2D eigenvalue weighted by atomic mass is 32.2. The number of nitrogens with one attached hydrogen (secondary N) is 1. The average molecular weight is 447 g/mol. The number of phenols is 1. The fraction of sp³-hybridized carbons (Fsp3) is 0.450. The molecule has 2 aromatic heterocycles. The largest absolute Gasteiger partial charge is 0.507 e. The van der Waals surface area contributed by atoms with E-state index in [0.29, 0.717) is 49.3 Å². The Bertz CT molecular complexity index is 1290. The lowest BCUT2D eigenvalue weighted by Gasteiger charge is -2.31. The number of aryl methyl sites for hydroxylation is 2. The summed E-state index contributed by atoms with van der Waals surface area (Å²) < 4.78 is 29.2. The molecule has 2 N–H and O–H groups in total. The number of benzene rings is 1. The molecular weight excluding hydrogens is 420 g/mol. The van der Waals surface area contributed by atoms with Gasteiger partial charge in [-0.3, -0.25) is 9.48 Å². The summed E-state index contributed by atoms with van der Waals surface area (Å²) in [7, 11) is -0.109. The van der Waals surface area contributed by atoms with Crippen molar-refractivity contribution in [2.75, 3.05) is 33.2 Å². The van der Waals surface area contributed by atoms with E-state index in [1.165, 1.54) is 27.2 Å². The number of aromatic amines is 1. The molecule has 10 nitrogen and oxygen atoms in total. The van der Waals surface area contributed by atoms with E-state index in [2.05, 4.69) is 20.0 Å². The molecule has 166 valence electrons. The van der Waals surface area contributed by atoms with E-state index in [1.54, 1.807) is 7.05 Å². The number of fused-ring (bicyclic) bond motifs is 1. The van der Waals surface area contributed by atoms with Gasteiger partial charge in [-0.2, -0.15) is 9.40 Å². The quantitative estimate of drug-likeness (QED) is 0.597. The third-order valence-electron chi connectivity index (χ3n) is 5.57. The third-order valence-corrected chi connectivity index (χ3v) is 7.47. The number of hydrogen-bond acceptors (Lipinski definition) is 7. The van der Waals surface area contributed by atoms with E-state index in [1.807, 2.05) is 14.0 Å². The van der Waals surface area contributed by atoms with Gasteiger partial charge in [-0.15, -0.1) is 0 Å². The van der Waals surface area contributed by atoms with Crippen molar-refractivity contribution in [3.05, 3.63) is 34.2 Å². The zero-order valence-electron chi connectivity index (χ0n) is 17.8. The Kier molecular flexibility index (Phi) is 5.58. The van der Waals surface area contributed by atoms with Crippen LogP contribution in [0.4, 0.5) is 0 Å². The summed E-state index contributed by atoms with van der Waals surface area (Å²) in [5.41, 5.74) is 1.24. The Morgan fingerprint density at radius 3 is 2.55 bits per heavy atom. The van der Waals surface area contributed by atoms with Gasteiger partial charge in [-0.05, 0) is 31.7 Å². The maximum absolute atomic E-state index is 13.1. The first kappa shape index (κ1) is 21.5. The van der Waals surface area contributed by atoms with Crippen LogP contribution in [0, 0.1) is 0 Å². The number of hydrogen-bond donors (Lipinski definition) is 2. The summed E-state index contributed by atoms with van der Waals surface area (Å²) in [6.45, 7) is 4.10. The molecule has 1 saturated heterocycles. The maximum Gasteiger partial charge on any atom is 0.277 e. The standard InChI is InChI=1S/C20H26N6O4S/c1-4-5-15-17-18(25(3)23-15)20(28)22-19(21-17)14-12-13(6-7-16(14)27)31(29,30)26-10-8-24(2)9-11-26/h6-7,12,27H,4-5,8-11H2,1-3H3,(H,21,22,28). The second-order valence-corrected chi connectivity index (χ2v) is 9.76. The van der Waals surface area contributed by atoms with Crippen LogP contribution in [-0.2, 0) is 23.5 Å². The van der Waals surface area contributed by atoms with Crippen LogP contribution in [0.1, 0.15) is 19.0 Å². The highest BCUT2D eigenvalue weighted by Gasteiger charge is 2.28. The van der Waals surface area contributed by atoms with Crippen LogP contribution in [0.2, 0.25) is 0 Å². The third kappa shape index (κ3) is 3.84. The Hall–Kier alpha value is -2.76. The summed E-state index contributed by atoms with van der Waals surface area (Å²) >= 11 is 0. The van der Waals surface area contributed by atoms with Crippen molar-refractivity contribution < 1.29 is 13.5 Å². The number of phenolic OH excluding ortho intramolecular Hbond substituents is 1. The monoisotopic (exact) mass is 446 g/mol. The second kappa shape index (κ2) is 8.06. The van der Waals surface area contributed by atoms with Crippen LogP contribution in [-0.4, -0.2) is 75.7 Å². The summed E-state index contributed by atoms with van der Waals surface area (Å²) in [6.07, 6.45) is 1.48. The number of sulfonamides is 1. The van der Waals surface area contributed by atoms with E-state index >= 15 is 0 Å². The molecule has 0 saturated carbocycles. The zero-order valence-corrected chi connectivity index (χ0v) is 18.6. The van der Waals surface area contributed by atoms with Gasteiger partial charge < -0.3 is 15.0 Å². The topological polar surface area (TPSA) is 124 Å². The molecule has 1 aliphatic rings. The van der Waals surface area contributed by atoms with Crippen LogP contribution < -0.4 is 5.56 Å². The Morgan fingerprint density at radius 1 is 1.16 bits per heavy atom. The van der Waals surface area contributed by atoms with E-state index in [4.69, 9.17) is 0 Å². The number of aromatic nitrogens is 4. The highest BCUT2D eigenvalue weighted by molar-refractivity contribution is 7.89. The maximum atomic E-state index is 13.1. The first-order valence-corrected chi connectivity index (χ1v) is 11.6. The van der Waals surface area contributed by atoms with Crippen molar-refractivity contribution in [2.24, 2.45) is 7.05 Å². The minimum absolute atomic E-state index is 0.0487. The smallest absolute Gasteiger partial charge is 0.277 e. The molecule has 1 aliphatic heterocycles. The predicted octanol–water partition coefficient (Wildman–Crippen LogP) is 0.918. The second-order valence-electron chi connectivity index (χ2n) is 7.82. The molecule has 3 aromatic rings. The molecular formula is C20H26N6O4S. The van der Waals surface area contributed by atoms with Gasteiger partial charge in [-0.1, -0.05) is 13.3 Å². The molecule has 4 rings (SSSR count). The number of likely N-dealkylation sites (N-methyl/N-ethyl adjacent to an activating group) is 1. The molecule has 0 spiro atoms. The van der Waals surface area contributed by atoms with E-state index < -0.39 is 15.6 Å². The van der Waals surface area contributed by atoms with E-state index in [9.17, 15) is 18.3 Å². The molecule has 0 aliphatic carbocycles. The summed E-state index contributed by atoms with van der Waals surface area (Å²) in [4.78, 5) is 22.0. The Labute approximate surface area is 180 Å². The van der Waals surface area contributed by atoms with Gasteiger partial charge in [0.2, 0.25) is 10.0 Å². The summed E-state index contributed by atoms with van der Waals surface area (Å²) in [5, 5.41) is 14.8. The van der Waals surface area contributed by atoms with Crippen molar-refractivity contribution in [1.82, 2.24) is 29.0 Å². The molecule has 11 heteroatoms. The number of aromatic hydroxyl groups is 1. The molecule has 1 fully saturated rings. The minimum Gasteiger partial charge on any atom is -0.507 e. The molecule has 0 radical (unpaired) electrons. The molecule has 0 bridgehead atoms. The van der Waals surface area contributed by atoms with Crippen molar-refractivity contribution in [1.29, 1.82) is 0 Å². The Morgan fingerprint density at radius 2 is 1.87 bits per heavy atom. The lowest BCUT2D eigenvalue weighted by molar-refractivity contribution is 0.222. The highest BCUT2D eigenvalue weighted by Crippen LogP contribution is 2.31. The van der Waals surface area contributed by atoms with Crippen molar-refractivity contribution in [2.45, 2.75) is 24.7 Å². The van der Waals surface area contributed by atoms with Gasteiger partial charge in [0.15, 0.2) is 5.52 Å². The van der Waals surface area contributed by atoms with Gasteiger partial charge in [0.25, 0.3) is 5.56 Å². The van der Waals surface area contributed by atoms with Gasteiger partial charge >= 0.3 is 0 Å². The van der Waals surface area contributed by atoms with Gasteiger partial charge in [0.05, 0.1) is 16.2 Å². The number of piperazine rings is 1. The number of nitrogens with zero attached hydrogens (tertiary/aromatic N) is 5. The SMILES string of the molecule is CCCc1nn(C)c2c(=O)[nH]c(-c3cc(S(=O)(=O)N4CCN(C)CC4)ccc3O)nc12.